The molecule has 0 bridgehead atoms. The Morgan fingerprint density at radius 3 is 1.75 bits per heavy atom. The van der Waals surface area contributed by atoms with Crippen molar-refractivity contribution in [3.63, 3.8) is 0 Å². The number of nitrogens with zero attached hydrogens (tertiary/aromatic N) is 1. The molecule has 0 N–H and O–H groups in total. The van der Waals surface area contributed by atoms with E-state index in [4.69, 9.17) is 0 Å². The Morgan fingerprint density at radius 2 is 1.21 bits per heavy atom. The number of aldehydes is 1. The van der Waals surface area contributed by atoms with Gasteiger partial charge in [-0.05, 0) is 28.8 Å². The Morgan fingerprint density at radius 1 is 0.667 bits per heavy atom. The quantitative estimate of drug-likeness (QED) is 0.592. The fourth-order valence-electron chi connectivity index (χ4n) is 2.82. The second kappa shape index (κ2) is 8.11. The molecule has 0 aromatic heterocycles. The highest BCUT2D eigenvalue weighted by atomic mass is 16.1. The molecule has 24 heavy (non-hydrogen) atoms. The molecule has 0 aliphatic carbocycles. The summed E-state index contributed by atoms with van der Waals surface area (Å²) in [6.45, 7) is 1.67. The summed E-state index contributed by atoms with van der Waals surface area (Å²) in [6, 6.07) is 29.2. The zero-order chi connectivity index (χ0) is 16.6. The van der Waals surface area contributed by atoms with Crippen LogP contribution in [0.5, 0.6) is 0 Å². The van der Waals surface area contributed by atoms with Gasteiger partial charge in [0, 0.05) is 25.2 Å². The summed E-state index contributed by atoms with van der Waals surface area (Å²) >= 11 is 0. The minimum atomic E-state index is 0.457. The first-order valence-electron chi connectivity index (χ1n) is 8.20. The van der Waals surface area contributed by atoms with E-state index in [1.807, 2.05) is 24.3 Å². The molecule has 0 spiro atoms. The summed E-state index contributed by atoms with van der Waals surface area (Å²) < 4.78 is 0. The van der Waals surface area contributed by atoms with Gasteiger partial charge in [-0.15, -0.1) is 0 Å². The van der Waals surface area contributed by atoms with Crippen molar-refractivity contribution in [2.45, 2.75) is 19.5 Å². The van der Waals surface area contributed by atoms with Crippen molar-refractivity contribution in [2.24, 2.45) is 0 Å². The maximum atomic E-state index is 10.8. The van der Waals surface area contributed by atoms with Crippen LogP contribution in [-0.4, -0.2) is 6.29 Å². The summed E-state index contributed by atoms with van der Waals surface area (Å²) in [5, 5.41) is 0. The van der Waals surface area contributed by atoms with E-state index in [-0.39, 0.29) is 0 Å². The molecule has 3 aromatic carbocycles. The topological polar surface area (TPSA) is 20.3 Å². The van der Waals surface area contributed by atoms with Crippen molar-refractivity contribution in [2.75, 3.05) is 4.90 Å². The average molecular weight is 315 g/mol. The Balaban J connectivity index is 1.88. The molecule has 0 heterocycles. The Hall–Kier alpha value is -2.87. The van der Waals surface area contributed by atoms with Crippen LogP contribution in [0, 0.1) is 0 Å². The van der Waals surface area contributed by atoms with Gasteiger partial charge in [-0.1, -0.05) is 72.8 Å². The zero-order valence-corrected chi connectivity index (χ0v) is 13.6. The van der Waals surface area contributed by atoms with E-state index >= 15 is 0 Å². The molecule has 0 unspecified atom stereocenters. The smallest absolute Gasteiger partial charge is 0.124 e. The SMILES string of the molecule is O=CCc1cccc(N(Cc2ccccc2)Cc2ccccc2)c1. The minimum Gasteiger partial charge on any atom is -0.363 e. The Bertz CT molecular complexity index is 727. The van der Waals surface area contributed by atoms with Crippen molar-refractivity contribution < 1.29 is 4.79 Å². The zero-order valence-electron chi connectivity index (χ0n) is 13.6. The molecule has 3 rings (SSSR count). The van der Waals surface area contributed by atoms with Gasteiger partial charge in [-0.25, -0.2) is 0 Å². The van der Waals surface area contributed by atoms with Gasteiger partial charge in [-0.3, -0.25) is 0 Å². The molecule has 0 aliphatic heterocycles. The second-order valence-corrected chi connectivity index (χ2v) is 5.87. The maximum absolute atomic E-state index is 10.8. The maximum Gasteiger partial charge on any atom is 0.124 e. The molecular weight excluding hydrogens is 294 g/mol. The van der Waals surface area contributed by atoms with Crippen molar-refractivity contribution >= 4 is 12.0 Å². The fraction of sp³-hybridized carbons (Fsp3) is 0.136. The summed E-state index contributed by atoms with van der Waals surface area (Å²) in [5.41, 5.74) is 4.74. The summed E-state index contributed by atoms with van der Waals surface area (Å²) in [6.07, 6.45) is 1.41. The first-order valence-corrected chi connectivity index (χ1v) is 8.20. The molecule has 2 nitrogen and oxygen atoms in total. The predicted octanol–water partition coefficient (Wildman–Crippen LogP) is 4.63. The molecule has 0 amide bonds. The summed E-state index contributed by atoms with van der Waals surface area (Å²) in [5.74, 6) is 0. The van der Waals surface area contributed by atoms with Gasteiger partial charge >= 0.3 is 0 Å². The first-order chi connectivity index (χ1) is 11.8. The summed E-state index contributed by atoms with van der Waals surface area (Å²) in [7, 11) is 0. The number of anilines is 1. The lowest BCUT2D eigenvalue weighted by molar-refractivity contribution is -0.107. The number of hydrogen-bond acceptors (Lipinski definition) is 2. The lowest BCUT2D eigenvalue weighted by Gasteiger charge is -2.26. The van der Waals surface area contributed by atoms with Gasteiger partial charge in [0.15, 0.2) is 0 Å². The minimum absolute atomic E-state index is 0.457. The van der Waals surface area contributed by atoms with E-state index in [1.165, 1.54) is 11.1 Å². The third-order valence-electron chi connectivity index (χ3n) is 4.03. The molecule has 120 valence electrons. The number of carbonyl (C=O) groups excluding carboxylic acids is 1. The first kappa shape index (κ1) is 16.0. The number of carbonyl (C=O) groups is 1. The van der Waals surface area contributed by atoms with Gasteiger partial charge in [0.05, 0.1) is 0 Å². The molecule has 0 atom stereocenters. The van der Waals surface area contributed by atoms with E-state index in [0.717, 1.165) is 30.6 Å². The number of rotatable bonds is 7. The van der Waals surface area contributed by atoms with E-state index < -0.39 is 0 Å². The predicted molar refractivity (Wildman–Crippen MR) is 99.0 cm³/mol. The Labute approximate surface area is 143 Å². The molecule has 0 saturated heterocycles. The van der Waals surface area contributed by atoms with Gasteiger partial charge in [-0.2, -0.15) is 0 Å². The Kier molecular flexibility index (Phi) is 5.41. The average Bonchev–Trinajstić information content (AvgIpc) is 2.63. The second-order valence-electron chi connectivity index (χ2n) is 5.87. The molecule has 2 heteroatoms. The lowest BCUT2D eigenvalue weighted by atomic mass is 10.1. The molecule has 0 aliphatic rings. The molecule has 3 aromatic rings. The van der Waals surface area contributed by atoms with Crippen LogP contribution in [0.2, 0.25) is 0 Å². The van der Waals surface area contributed by atoms with Crippen LogP contribution in [0.3, 0.4) is 0 Å². The van der Waals surface area contributed by atoms with Crippen LogP contribution in [0.15, 0.2) is 84.9 Å². The largest absolute Gasteiger partial charge is 0.363 e. The van der Waals surface area contributed by atoms with Crippen LogP contribution in [-0.2, 0) is 24.3 Å². The lowest BCUT2D eigenvalue weighted by Crippen LogP contribution is -2.22. The fourth-order valence-corrected chi connectivity index (χ4v) is 2.82. The van der Waals surface area contributed by atoms with Crippen molar-refractivity contribution in [3.8, 4) is 0 Å². The number of hydrogen-bond donors (Lipinski definition) is 0. The van der Waals surface area contributed by atoms with Gasteiger partial charge in [0.25, 0.3) is 0 Å². The molecule has 0 saturated carbocycles. The third-order valence-corrected chi connectivity index (χ3v) is 4.03. The van der Waals surface area contributed by atoms with Gasteiger partial charge in [0.2, 0.25) is 0 Å². The molecular formula is C22H21NO. The van der Waals surface area contributed by atoms with Crippen LogP contribution in [0.25, 0.3) is 0 Å². The van der Waals surface area contributed by atoms with Crippen LogP contribution in [0.1, 0.15) is 16.7 Å². The summed E-state index contributed by atoms with van der Waals surface area (Å²) in [4.78, 5) is 13.2. The standard InChI is InChI=1S/C22H21NO/c24-15-14-19-12-7-13-22(16-19)23(17-20-8-3-1-4-9-20)18-21-10-5-2-6-11-21/h1-13,15-16H,14,17-18H2. The monoisotopic (exact) mass is 315 g/mol. The highest BCUT2D eigenvalue weighted by Gasteiger charge is 2.09. The van der Waals surface area contributed by atoms with Crippen LogP contribution < -0.4 is 4.90 Å². The van der Waals surface area contributed by atoms with Crippen molar-refractivity contribution in [1.29, 1.82) is 0 Å². The van der Waals surface area contributed by atoms with Gasteiger partial charge < -0.3 is 9.69 Å². The van der Waals surface area contributed by atoms with Crippen LogP contribution in [0.4, 0.5) is 5.69 Å². The van der Waals surface area contributed by atoms with Crippen LogP contribution >= 0.6 is 0 Å². The molecule has 0 fully saturated rings. The highest BCUT2D eigenvalue weighted by molar-refractivity contribution is 5.58. The third kappa shape index (κ3) is 4.32. The van der Waals surface area contributed by atoms with E-state index in [9.17, 15) is 4.79 Å². The van der Waals surface area contributed by atoms with Crippen molar-refractivity contribution in [1.82, 2.24) is 0 Å². The van der Waals surface area contributed by atoms with Crippen molar-refractivity contribution in [3.05, 3.63) is 102 Å². The highest BCUT2D eigenvalue weighted by Crippen LogP contribution is 2.21. The molecule has 0 radical (unpaired) electrons. The van der Waals surface area contributed by atoms with E-state index in [0.29, 0.717) is 6.42 Å². The number of benzene rings is 3. The van der Waals surface area contributed by atoms with E-state index in [1.54, 1.807) is 0 Å². The normalized spacial score (nSPS) is 10.3. The van der Waals surface area contributed by atoms with Gasteiger partial charge in [0.1, 0.15) is 6.29 Å². The van der Waals surface area contributed by atoms with E-state index in [2.05, 4.69) is 65.6 Å².